The molecule has 4 nitrogen and oxygen atoms in total. The van der Waals surface area contributed by atoms with E-state index < -0.39 is 0 Å². The second kappa shape index (κ2) is 9.84. The van der Waals surface area contributed by atoms with Crippen LogP contribution < -0.4 is 0 Å². The van der Waals surface area contributed by atoms with Gasteiger partial charge >= 0.3 is 0 Å². The Bertz CT molecular complexity index is 1600. The minimum Gasteiger partial charge on any atom is -0.233 e. The molecule has 168 valence electrons. The SMILES string of the molecule is Cc1ccc(/C=C(\C#N)c2nc(-c3ccc4ccccc4c3)c(N=Nc3ccc(C)cc3)s2)cc1. The third-order valence-electron chi connectivity index (χ3n) is 5.66. The number of hydrogen-bond donors (Lipinski definition) is 0. The molecular weight excluding hydrogens is 448 g/mol. The summed E-state index contributed by atoms with van der Waals surface area (Å²) in [6.45, 7) is 4.08. The van der Waals surface area contributed by atoms with Gasteiger partial charge in [0.05, 0.1) is 11.3 Å². The Balaban J connectivity index is 1.61. The molecule has 0 aliphatic heterocycles. The van der Waals surface area contributed by atoms with Gasteiger partial charge in [0.2, 0.25) is 0 Å². The van der Waals surface area contributed by atoms with Gasteiger partial charge in [0.25, 0.3) is 0 Å². The normalized spacial score (nSPS) is 11.7. The number of aryl methyl sites for hydroxylation is 2. The van der Waals surface area contributed by atoms with Gasteiger partial charge in [-0.2, -0.15) is 5.26 Å². The van der Waals surface area contributed by atoms with Gasteiger partial charge in [-0.15, -0.1) is 10.2 Å². The van der Waals surface area contributed by atoms with Crippen LogP contribution in [-0.4, -0.2) is 4.98 Å². The number of aromatic nitrogens is 1. The zero-order chi connectivity index (χ0) is 24.2. The van der Waals surface area contributed by atoms with E-state index in [9.17, 15) is 5.26 Å². The standard InChI is InChI=1S/C30H22N4S/c1-20-7-11-22(12-8-20)17-26(19-31)29-32-28(25-14-13-23-5-3-4-6-24(23)18-25)30(35-29)34-33-27-15-9-21(2)10-16-27/h3-18H,1-2H3/b26-17+,34-33?. The van der Waals surface area contributed by atoms with Gasteiger partial charge in [-0.3, -0.25) is 0 Å². The molecule has 0 aliphatic carbocycles. The zero-order valence-corrected chi connectivity index (χ0v) is 20.3. The predicted molar refractivity (Wildman–Crippen MR) is 145 cm³/mol. The van der Waals surface area contributed by atoms with Crippen LogP contribution in [0.1, 0.15) is 21.7 Å². The van der Waals surface area contributed by atoms with Crippen molar-refractivity contribution in [2.75, 3.05) is 0 Å². The van der Waals surface area contributed by atoms with Crippen LogP contribution in [0.25, 0.3) is 33.7 Å². The highest BCUT2D eigenvalue weighted by Gasteiger charge is 2.17. The van der Waals surface area contributed by atoms with Gasteiger partial charge in [-0.05, 0) is 54.5 Å². The number of benzene rings is 4. The van der Waals surface area contributed by atoms with Crippen LogP contribution in [0, 0.1) is 25.2 Å². The first-order valence-corrected chi connectivity index (χ1v) is 12.1. The van der Waals surface area contributed by atoms with Crippen molar-refractivity contribution in [1.82, 2.24) is 4.98 Å². The van der Waals surface area contributed by atoms with Crippen molar-refractivity contribution in [3.8, 4) is 17.3 Å². The molecular formula is C30H22N4S. The van der Waals surface area contributed by atoms with Crippen molar-refractivity contribution >= 4 is 44.4 Å². The van der Waals surface area contributed by atoms with E-state index >= 15 is 0 Å². The highest BCUT2D eigenvalue weighted by molar-refractivity contribution is 7.17. The minimum atomic E-state index is 0.498. The number of allylic oxidation sites excluding steroid dienone is 1. The van der Waals surface area contributed by atoms with Crippen molar-refractivity contribution in [3.63, 3.8) is 0 Å². The van der Waals surface area contributed by atoms with Crippen LogP contribution in [0.4, 0.5) is 10.7 Å². The fourth-order valence-electron chi connectivity index (χ4n) is 3.71. The third-order valence-corrected chi connectivity index (χ3v) is 6.63. The molecule has 0 fully saturated rings. The van der Waals surface area contributed by atoms with Crippen LogP contribution >= 0.6 is 11.3 Å². The summed E-state index contributed by atoms with van der Waals surface area (Å²) in [5, 5.41) is 22.5. The molecule has 0 aliphatic rings. The highest BCUT2D eigenvalue weighted by Crippen LogP contribution is 2.40. The largest absolute Gasteiger partial charge is 0.233 e. The van der Waals surface area contributed by atoms with Gasteiger partial charge in [-0.25, -0.2) is 4.98 Å². The first-order valence-electron chi connectivity index (χ1n) is 11.3. The summed E-state index contributed by atoms with van der Waals surface area (Å²) in [5.41, 5.74) is 6.22. The number of thiazole rings is 1. The van der Waals surface area contributed by atoms with E-state index in [0.29, 0.717) is 15.6 Å². The highest BCUT2D eigenvalue weighted by atomic mass is 32.1. The fourth-order valence-corrected chi connectivity index (χ4v) is 4.58. The summed E-state index contributed by atoms with van der Waals surface area (Å²) in [6, 6.07) is 32.7. The predicted octanol–water partition coefficient (Wildman–Crippen LogP) is 9.06. The number of rotatable bonds is 5. The Morgan fingerprint density at radius 1 is 0.829 bits per heavy atom. The summed E-state index contributed by atoms with van der Waals surface area (Å²) < 4.78 is 0. The van der Waals surface area contributed by atoms with E-state index in [1.165, 1.54) is 22.5 Å². The van der Waals surface area contributed by atoms with Crippen molar-refractivity contribution in [2.45, 2.75) is 13.8 Å². The van der Waals surface area contributed by atoms with Crippen molar-refractivity contribution in [3.05, 3.63) is 113 Å². The molecule has 5 heteroatoms. The number of nitriles is 1. The summed E-state index contributed by atoms with van der Waals surface area (Å²) in [5.74, 6) is 0. The van der Waals surface area contributed by atoms with Gasteiger partial charge in [0.1, 0.15) is 16.8 Å². The smallest absolute Gasteiger partial charge is 0.167 e. The van der Waals surface area contributed by atoms with Crippen molar-refractivity contribution < 1.29 is 0 Å². The molecule has 0 spiro atoms. The Labute approximate surface area is 208 Å². The molecule has 1 heterocycles. The maximum absolute atomic E-state index is 9.94. The molecule has 0 N–H and O–H groups in total. The zero-order valence-electron chi connectivity index (χ0n) is 19.4. The lowest BCUT2D eigenvalue weighted by Crippen LogP contribution is -1.84. The first-order chi connectivity index (χ1) is 17.1. The molecule has 0 bridgehead atoms. The van der Waals surface area contributed by atoms with Gasteiger partial charge in [0.15, 0.2) is 5.00 Å². The van der Waals surface area contributed by atoms with E-state index in [0.717, 1.165) is 33.3 Å². The molecule has 5 rings (SSSR count). The molecule has 0 atom stereocenters. The van der Waals surface area contributed by atoms with Gasteiger partial charge < -0.3 is 0 Å². The Kier molecular flexibility index (Phi) is 6.30. The van der Waals surface area contributed by atoms with E-state index in [1.54, 1.807) is 0 Å². The fraction of sp³-hybridized carbons (Fsp3) is 0.0667. The summed E-state index contributed by atoms with van der Waals surface area (Å²) in [7, 11) is 0. The Hall–Kier alpha value is -4.40. The lowest BCUT2D eigenvalue weighted by atomic mass is 10.1. The molecule has 4 aromatic carbocycles. The van der Waals surface area contributed by atoms with Gasteiger partial charge in [-0.1, -0.05) is 95.3 Å². The second-order valence-electron chi connectivity index (χ2n) is 8.35. The number of fused-ring (bicyclic) bond motifs is 1. The van der Waals surface area contributed by atoms with Crippen molar-refractivity contribution in [1.29, 1.82) is 5.26 Å². The Morgan fingerprint density at radius 2 is 1.51 bits per heavy atom. The van der Waals surface area contributed by atoms with E-state index in [4.69, 9.17) is 4.98 Å². The molecule has 0 saturated carbocycles. The summed E-state index contributed by atoms with van der Waals surface area (Å²) >= 11 is 1.37. The molecule has 5 aromatic rings. The molecule has 1 aromatic heterocycles. The second-order valence-corrected chi connectivity index (χ2v) is 9.33. The van der Waals surface area contributed by atoms with Crippen LogP contribution in [-0.2, 0) is 0 Å². The Morgan fingerprint density at radius 3 is 2.23 bits per heavy atom. The molecule has 0 saturated heterocycles. The molecule has 35 heavy (non-hydrogen) atoms. The third kappa shape index (κ3) is 5.08. The first kappa shape index (κ1) is 22.4. The summed E-state index contributed by atoms with van der Waals surface area (Å²) in [4.78, 5) is 4.87. The number of nitrogens with zero attached hydrogens (tertiary/aromatic N) is 4. The molecule has 0 radical (unpaired) electrons. The van der Waals surface area contributed by atoms with Crippen LogP contribution in [0.15, 0.2) is 101 Å². The molecule has 0 amide bonds. The topological polar surface area (TPSA) is 61.4 Å². The molecule has 0 unspecified atom stereocenters. The van der Waals surface area contributed by atoms with Crippen molar-refractivity contribution in [2.24, 2.45) is 10.2 Å². The monoisotopic (exact) mass is 470 g/mol. The number of hydrogen-bond acceptors (Lipinski definition) is 5. The number of azo groups is 1. The average molecular weight is 471 g/mol. The van der Waals surface area contributed by atoms with Gasteiger partial charge in [0, 0.05) is 5.56 Å². The van der Waals surface area contributed by atoms with Crippen LogP contribution in [0.3, 0.4) is 0 Å². The van der Waals surface area contributed by atoms with E-state index in [-0.39, 0.29) is 0 Å². The van der Waals surface area contributed by atoms with Crippen LogP contribution in [0.5, 0.6) is 0 Å². The average Bonchev–Trinajstić information content (AvgIpc) is 3.32. The maximum Gasteiger partial charge on any atom is 0.167 e. The maximum atomic E-state index is 9.94. The quantitative estimate of drug-likeness (QED) is 0.190. The lowest BCUT2D eigenvalue weighted by Gasteiger charge is -2.02. The summed E-state index contributed by atoms with van der Waals surface area (Å²) in [6.07, 6.45) is 1.86. The minimum absolute atomic E-state index is 0.498. The van der Waals surface area contributed by atoms with E-state index in [1.807, 2.05) is 86.7 Å². The van der Waals surface area contributed by atoms with E-state index in [2.05, 4.69) is 40.6 Å². The van der Waals surface area contributed by atoms with Crippen LogP contribution in [0.2, 0.25) is 0 Å². The lowest BCUT2D eigenvalue weighted by molar-refractivity contribution is 1.24.